The Morgan fingerprint density at radius 1 is 0.778 bits per heavy atom. The fourth-order valence-electron chi connectivity index (χ4n) is 2.52. The number of furan rings is 1. The number of benzene rings is 3. The van der Waals surface area contributed by atoms with Crippen LogP contribution in [0.5, 0.6) is 0 Å². The summed E-state index contributed by atoms with van der Waals surface area (Å²) >= 11 is 0. The standard InChI is InChI=1S/C16H9FO/c17-11-7-5-10-6-8-15-16(13(10)9-11)12-3-1-2-4-14(12)18-15/h1-9H. The molecule has 0 saturated carbocycles. The molecule has 0 saturated heterocycles. The first kappa shape index (κ1) is 9.66. The second-order valence-corrected chi connectivity index (χ2v) is 4.40. The van der Waals surface area contributed by atoms with E-state index >= 15 is 0 Å². The van der Waals surface area contributed by atoms with Gasteiger partial charge in [0.25, 0.3) is 0 Å². The van der Waals surface area contributed by atoms with E-state index in [0.717, 1.165) is 32.7 Å². The van der Waals surface area contributed by atoms with E-state index in [-0.39, 0.29) is 5.82 Å². The van der Waals surface area contributed by atoms with E-state index in [2.05, 4.69) is 0 Å². The minimum Gasteiger partial charge on any atom is -0.456 e. The quantitative estimate of drug-likeness (QED) is 0.424. The first-order valence-corrected chi connectivity index (χ1v) is 5.82. The molecular formula is C16H9FO. The largest absolute Gasteiger partial charge is 0.456 e. The molecule has 4 aromatic rings. The zero-order valence-corrected chi connectivity index (χ0v) is 9.48. The Labute approximate surface area is 102 Å². The van der Waals surface area contributed by atoms with Crippen LogP contribution in [0.1, 0.15) is 0 Å². The second kappa shape index (κ2) is 3.33. The Bertz CT molecular complexity index is 889. The summed E-state index contributed by atoms with van der Waals surface area (Å²) < 4.78 is 19.2. The third-order valence-electron chi connectivity index (χ3n) is 3.32. The van der Waals surface area contributed by atoms with Crippen LogP contribution in [0.2, 0.25) is 0 Å². The number of hydrogen-bond donors (Lipinski definition) is 0. The average molecular weight is 236 g/mol. The van der Waals surface area contributed by atoms with E-state index in [0.29, 0.717) is 0 Å². The van der Waals surface area contributed by atoms with Gasteiger partial charge in [-0.05, 0) is 35.0 Å². The smallest absolute Gasteiger partial charge is 0.136 e. The molecule has 0 radical (unpaired) electrons. The highest BCUT2D eigenvalue weighted by atomic mass is 19.1. The minimum atomic E-state index is -0.222. The molecule has 0 aliphatic rings. The van der Waals surface area contributed by atoms with Crippen molar-refractivity contribution in [2.75, 3.05) is 0 Å². The summed E-state index contributed by atoms with van der Waals surface area (Å²) in [6, 6.07) is 16.6. The van der Waals surface area contributed by atoms with Crippen LogP contribution in [0.25, 0.3) is 32.7 Å². The molecule has 0 unspecified atom stereocenters. The lowest BCUT2D eigenvalue weighted by molar-refractivity contribution is 0.630. The van der Waals surface area contributed by atoms with Crippen LogP contribution in [0.15, 0.2) is 59.0 Å². The van der Waals surface area contributed by atoms with Crippen LogP contribution >= 0.6 is 0 Å². The van der Waals surface area contributed by atoms with Crippen molar-refractivity contribution in [3.8, 4) is 0 Å². The number of rotatable bonds is 0. The lowest BCUT2D eigenvalue weighted by Gasteiger charge is -1.99. The fraction of sp³-hybridized carbons (Fsp3) is 0. The van der Waals surface area contributed by atoms with Crippen molar-refractivity contribution in [2.24, 2.45) is 0 Å². The average Bonchev–Trinajstić information content (AvgIpc) is 2.77. The van der Waals surface area contributed by atoms with Crippen molar-refractivity contribution in [1.82, 2.24) is 0 Å². The van der Waals surface area contributed by atoms with Crippen molar-refractivity contribution >= 4 is 32.7 Å². The van der Waals surface area contributed by atoms with E-state index in [1.54, 1.807) is 12.1 Å². The maximum atomic E-state index is 13.4. The molecule has 1 aromatic heterocycles. The van der Waals surface area contributed by atoms with Crippen molar-refractivity contribution in [2.45, 2.75) is 0 Å². The van der Waals surface area contributed by atoms with Gasteiger partial charge in [-0.3, -0.25) is 0 Å². The third kappa shape index (κ3) is 1.20. The van der Waals surface area contributed by atoms with Crippen molar-refractivity contribution in [3.63, 3.8) is 0 Å². The summed E-state index contributed by atoms with van der Waals surface area (Å²) in [6.45, 7) is 0. The Kier molecular flexibility index (Phi) is 1.78. The number of para-hydroxylation sites is 1. The minimum absolute atomic E-state index is 0.222. The summed E-state index contributed by atoms with van der Waals surface area (Å²) in [5.74, 6) is -0.222. The molecule has 0 N–H and O–H groups in total. The Morgan fingerprint density at radius 3 is 2.56 bits per heavy atom. The van der Waals surface area contributed by atoms with Gasteiger partial charge in [-0.1, -0.05) is 30.3 Å². The number of hydrogen-bond acceptors (Lipinski definition) is 1. The van der Waals surface area contributed by atoms with Gasteiger partial charge in [-0.2, -0.15) is 0 Å². The van der Waals surface area contributed by atoms with E-state index in [9.17, 15) is 4.39 Å². The fourth-order valence-corrected chi connectivity index (χ4v) is 2.52. The summed E-state index contributed by atoms with van der Waals surface area (Å²) in [5.41, 5.74) is 1.64. The van der Waals surface area contributed by atoms with Crippen molar-refractivity contribution in [1.29, 1.82) is 0 Å². The highest BCUT2D eigenvalue weighted by Gasteiger charge is 2.10. The molecule has 0 amide bonds. The number of halogens is 1. The van der Waals surface area contributed by atoms with Gasteiger partial charge in [0, 0.05) is 10.8 Å². The SMILES string of the molecule is Fc1ccc2ccc3oc4ccccc4c3c2c1. The van der Waals surface area contributed by atoms with Crippen molar-refractivity contribution in [3.05, 3.63) is 60.4 Å². The summed E-state index contributed by atoms with van der Waals surface area (Å²) in [6.07, 6.45) is 0. The Morgan fingerprint density at radius 2 is 1.61 bits per heavy atom. The molecule has 0 fully saturated rings. The van der Waals surface area contributed by atoms with Crippen LogP contribution in [0.3, 0.4) is 0 Å². The van der Waals surface area contributed by atoms with Crippen LogP contribution in [0, 0.1) is 5.82 Å². The maximum absolute atomic E-state index is 13.4. The molecule has 0 atom stereocenters. The molecular weight excluding hydrogens is 227 g/mol. The van der Waals surface area contributed by atoms with Crippen LogP contribution in [-0.2, 0) is 0 Å². The predicted octanol–water partition coefficient (Wildman–Crippen LogP) is 4.88. The Hall–Kier alpha value is -2.35. The van der Waals surface area contributed by atoms with Crippen molar-refractivity contribution < 1.29 is 8.81 Å². The maximum Gasteiger partial charge on any atom is 0.136 e. The van der Waals surface area contributed by atoms with Gasteiger partial charge >= 0.3 is 0 Å². The predicted molar refractivity (Wildman–Crippen MR) is 71.2 cm³/mol. The first-order valence-electron chi connectivity index (χ1n) is 5.82. The molecule has 0 bridgehead atoms. The highest BCUT2D eigenvalue weighted by Crippen LogP contribution is 2.34. The summed E-state index contributed by atoms with van der Waals surface area (Å²) in [5, 5.41) is 3.94. The van der Waals surface area contributed by atoms with E-state index < -0.39 is 0 Å². The molecule has 4 rings (SSSR count). The molecule has 3 aromatic carbocycles. The monoisotopic (exact) mass is 236 g/mol. The third-order valence-corrected chi connectivity index (χ3v) is 3.32. The molecule has 18 heavy (non-hydrogen) atoms. The molecule has 86 valence electrons. The van der Waals surface area contributed by atoms with Crippen LogP contribution in [-0.4, -0.2) is 0 Å². The van der Waals surface area contributed by atoms with Gasteiger partial charge in [0.15, 0.2) is 0 Å². The van der Waals surface area contributed by atoms with Crippen LogP contribution in [0.4, 0.5) is 4.39 Å². The van der Waals surface area contributed by atoms with Gasteiger partial charge in [0.2, 0.25) is 0 Å². The molecule has 0 aliphatic carbocycles. The van der Waals surface area contributed by atoms with Gasteiger partial charge in [-0.15, -0.1) is 0 Å². The lowest BCUT2D eigenvalue weighted by Crippen LogP contribution is -1.77. The zero-order valence-electron chi connectivity index (χ0n) is 9.48. The molecule has 0 spiro atoms. The van der Waals surface area contributed by atoms with Gasteiger partial charge in [0.1, 0.15) is 17.0 Å². The van der Waals surface area contributed by atoms with Crippen LogP contribution < -0.4 is 0 Å². The number of fused-ring (bicyclic) bond motifs is 5. The first-order chi connectivity index (χ1) is 8.83. The normalized spacial score (nSPS) is 11.6. The van der Waals surface area contributed by atoms with Gasteiger partial charge in [-0.25, -0.2) is 4.39 Å². The topological polar surface area (TPSA) is 13.1 Å². The van der Waals surface area contributed by atoms with E-state index in [1.165, 1.54) is 6.07 Å². The zero-order chi connectivity index (χ0) is 12.1. The molecule has 1 heterocycles. The lowest BCUT2D eigenvalue weighted by atomic mass is 10.0. The summed E-state index contributed by atoms with van der Waals surface area (Å²) in [4.78, 5) is 0. The van der Waals surface area contributed by atoms with Gasteiger partial charge in [0.05, 0.1) is 0 Å². The molecule has 2 heteroatoms. The molecule has 0 aliphatic heterocycles. The second-order valence-electron chi connectivity index (χ2n) is 4.40. The Balaban J connectivity index is 2.35. The van der Waals surface area contributed by atoms with Gasteiger partial charge < -0.3 is 4.42 Å². The van der Waals surface area contributed by atoms with E-state index in [1.807, 2.05) is 36.4 Å². The highest BCUT2D eigenvalue weighted by molar-refractivity contribution is 6.18. The van der Waals surface area contributed by atoms with E-state index in [4.69, 9.17) is 4.42 Å². The summed E-state index contributed by atoms with van der Waals surface area (Å²) in [7, 11) is 0. The molecule has 1 nitrogen and oxygen atoms in total.